The van der Waals surface area contributed by atoms with Crippen LogP contribution in [0.3, 0.4) is 0 Å². The van der Waals surface area contributed by atoms with Gasteiger partial charge in [0.15, 0.2) is 5.96 Å². The van der Waals surface area contributed by atoms with Gasteiger partial charge in [0.1, 0.15) is 18.4 Å². The van der Waals surface area contributed by atoms with Crippen LogP contribution in [0.2, 0.25) is 0 Å². The first-order valence-corrected chi connectivity index (χ1v) is 11.7. The van der Waals surface area contributed by atoms with E-state index < -0.39 is 35.8 Å². The molecule has 0 aliphatic rings. The number of aldehydes is 1. The Balaban J connectivity index is 2.89. The highest BCUT2D eigenvalue weighted by atomic mass is 16.2. The van der Waals surface area contributed by atoms with Gasteiger partial charge in [0.25, 0.3) is 0 Å². The third-order valence-electron chi connectivity index (χ3n) is 5.15. The molecule has 0 aliphatic heterocycles. The van der Waals surface area contributed by atoms with Crippen molar-refractivity contribution in [2.24, 2.45) is 27.9 Å². The topological polar surface area (TPSA) is 221 Å². The second-order valence-electron chi connectivity index (χ2n) is 8.06. The molecule has 194 valence electrons. The van der Waals surface area contributed by atoms with Gasteiger partial charge in [0, 0.05) is 6.54 Å². The molecule has 0 spiro atoms. The van der Waals surface area contributed by atoms with Crippen molar-refractivity contribution in [2.45, 2.75) is 56.7 Å². The molecule has 0 radical (unpaired) electrons. The zero-order chi connectivity index (χ0) is 26.1. The van der Waals surface area contributed by atoms with Crippen LogP contribution in [-0.2, 0) is 25.6 Å². The van der Waals surface area contributed by atoms with Crippen molar-refractivity contribution in [2.75, 3.05) is 19.6 Å². The number of amides is 3. The molecule has 0 aliphatic carbocycles. The Morgan fingerprint density at radius 1 is 0.886 bits per heavy atom. The summed E-state index contributed by atoms with van der Waals surface area (Å²) in [5.74, 6) is -1.63. The van der Waals surface area contributed by atoms with Crippen LogP contribution >= 0.6 is 0 Å². The highest BCUT2D eigenvalue weighted by Crippen LogP contribution is 2.07. The highest BCUT2D eigenvalue weighted by Gasteiger charge is 2.27. The number of hydrogen-bond acceptors (Lipinski definition) is 7. The third-order valence-corrected chi connectivity index (χ3v) is 5.15. The van der Waals surface area contributed by atoms with Gasteiger partial charge >= 0.3 is 0 Å². The van der Waals surface area contributed by atoms with E-state index in [0.29, 0.717) is 44.9 Å². The molecule has 1 aromatic rings. The quantitative estimate of drug-likeness (QED) is 0.0560. The zero-order valence-corrected chi connectivity index (χ0v) is 19.9. The van der Waals surface area contributed by atoms with Crippen molar-refractivity contribution in [3.8, 4) is 0 Å². The molecule has 12 heteroatoms. The SMILES string of the molecule is NCCCC[C@H](NC(=O)[C@H](CCCN=C(N)N)NC(=O)CN)C(=O)N[C@H](C=O)Cc1ccccc1. The normalized spacial score (nSPS) is 13.1. The maximum absolute atomic E-state index is 13.0. The fourth-order valence-electron chi connectivity index (χ4n) is 3.34. The molecule has 0 saturated carbocycles. The Bertz CT molecular complexity index is 830. The molecule has 0 heterocycles. The average molecular weight is 491 g/mol. The lowest BCUT2D eigenvalue weighted by Crippen LogP contribution is -2.55. The predicted molar refractivity (Wildman–Crippen MR) is 134 cm³/mol. The molecule has 0 aromatic heterocycles. The minimum Gasteiger partial charge on any atom is -0.370 e. The number of benzene rings is 1. The van der Waals surface area contributed by atoms with Crippen molar-refractivity contribution in [1.82, 2.24) is 16.0 Å². The first-order valence-electron chi connectivity index (χ1n) is 11.7. The Morgan fingerprint density at radius 3 is 2.11 bits per heavy atom. The number of nitrogens with two attached hydrogens (primary N) is 4. The van der Waals surface area contributed by atoms with E-state index in [1.54, 1.807) is 0 Å². The summed E-state index contributed by atoms with van der Waals surface area (Å²) >= 11 is 0. The average Bonchev–Trinajstić information content (AvgIpc) is 2.84. The van der Waals surface area contributed by atoms with E-state index in [2.05, 4.69) is 20.9 Å². The second-order valence-corrected chi connectivity index (χ2v) is 8.06. The van der Waals surface area contributed by atoms with Crippen LogP contribution in [0.1, 0.15) is 37.7 Å². The number of rotatable bonds is 17. The molecule has 0 unspecified atom stereocenters. The summed E-state index contributed by atoms with van der Waals surface area (Å²) in [6.07, 6.45) is 3.19. The van der Waals surface area contributed by atoms with E-state index in [1.807, 2.05) is 30.3 Å². The van der Waals surface area contributed by atoms with Crippen molar-refractivity contribution in [3.05, 3.63) is 35.9 Å². The van der Waals surface area contributed by atoms with E-state index in [0.717, 1.165) is 5.56 Å². The molecule has 3 atom stereocenters. The number of carbonyl (C=O) groups excluding carboxylic acids is 4. The Kier molecular flexibility index (Phi) is 14.3. The maximum atomic E-state index is 13.0. The molecule has 35 heavy (non-hydrogen) atoms. The van der Waals surface area contributed by atoms with E-state index >= 15 is 0 Å². The standard InChI is InChI=1S/C23H38N8O4/c24-11-5-4-9-19(21(34)29-17(15-32)13-16-7-2-1-3-8-16)31-22(35)18(30-20(33)14-25)10-6-12-28-23(26)27/h1-3,7-8,15,17-19H,4-6,9-14,24-25H2,(H,29,34)(H,30,33)(H,31,35)(H4,26,27,28)/t17-,18-,19-/m0/s1. The first-order chi connectivity index (χ1) is 16.8. The van der Waals surface area contributed by atoms with E-state index in [4.69, 9.17) is 22.9 Å². The van der Waals surface area contributed by atoms with Gasteiger partial charge < -0.3 is 43.7 Å². The summed E-state index contributed by atoms with van der Waals surface area (Å²) in [5.41, 5.74) is 22.4. The summed E-state index contributed by atoms with van der Waals surface area (Å²) in [7, 11) is 0. The number of hydrogen-bond donors (Lipinski definition) is 7. The molecule has 11 N–H and O–H groups in total. The predicted octanol–water partition coefficient (Wildman–Crippen LogP) is -1.98. The Hall–Kier alpha value is -3.51. The minimum absolute atomic E-state index is 0.0751. The molecule has 3 amide bonds. The number of nitrogens with zero attached hydrogens (tertiary/aromatic N) is 1. The fraction of sp³-hybridized carbons (Fsp3) is 0.522. The number of nitrogens with one attached hydrogen (secondary N) is 3. The van der Waals surface area contributed by atoms with Crippen LogP contribution in [0.5, 0.6) is 0 Å². The first kappa shape index (κ1) is 29.5. The molecule has 1 rings (SSSR count). The van der Waals surface area contributed by atoms with Crippen LogP contribution in [-0.4, -0.2) is 67.7 Å². The van der Waals surface area contributed by atoms with E-state index in [1.165, 1.54) is 0 Å². The smallest absolute Gasteiger partial charge is 0.243 e. The van der Waals surface area contributed by atoms with Gasteiger partial charge in [-0.1, -0.05) is 30.3 Å². The lowest BCUT2D eigenvalue weighted by Gasteiger charge is -2.24. The summed E-state index contributed by atoms with van der Waals surface area (Å²) in [4.78, 5) is 53.3. The molecule has 0 fully saturated rings. The monoisotopic (exact) mass is 490 g/mol. The van der Waals surface area contributed by atoms with Gasteiger partial charge in [-0.15, -0.1) is 0 Å². The highest BCUT2D eigenvalue weighted by molar-refractivity contribution is 5.93. The van der Waals surface area contributed by atoms with Crippen molar-refractivity contribution in [1.29, 1.82) is 0 Å². The number of guanidine groups is 1. The molecule has 0 bridgehead atoms. The summed E-state index contributed by atoms with van der Waals surface area (Å²) < 4.78 is 0. The van der Waals surface area contributed by atoms with Gasteiger partial charge in [0.2, 0.25) is 17.7 Å². The van der Waals surface area contributed by atoms with E-state index in [-0.39, 0.29) is 25.5 Å². The number of unbranched alkanes of at least 4 members (excludes halogenated alkanes) is 1. The summed E-state index contributed by atoms with van der Waals surface area (Å²) in [6, 6.07) is 6.66. The van der Waals surface area contributed by atoms with Crippen LogP contribution < -0.4 is 38.9 Å². The third kappa shape index (κ3) is 12.5. The van der Waals surface area contributed by atoms with E-state index in [9.17, 15) is 19.2 Å². The van der Waals surface area contributed by atoms with Gasteiger partial charge in [-0.2, -0.15) is 0 Å². The molecular formula is C23H38N8O4. The lowest BCUT2D eigenvalue weighted by molar-refractivity contribution is -0.132. The molecule has 12 nitrogen and oxygen atoms in total. The zero-order valence-electron chi connectivity index (χ0n) is 19.9. The van der Waals surface area contributed by atoms with Crippen LogP contribution in [0.15, 0.2) is 35.3 Å². The fourth-order valence-corrected chi connectivity index (χ4v) is 3.34. The summed E-state index contributed by atoms with van der Waals surface area (Å²) in [5, 5.41) is 7.95. The van der Waals surface area contributed by atoms with Crippen LogP contribution in [0, 0.1) is 0 Å². The lowest BCUT2D eigenvalue weighted by atomic mass is 10.0. The van der Waals surface area contributed by atoms with Gasteiger partial charge in [0.05, 0.1) is 12.6 Å². The van der Waals surface area contributed by atoms with Crippen LogP contribution in [0.25, 0.3) is 0 Å². The molecular weight excluding hydrogens is 452 g/mol. The Morgan fingerprint density at radius 2 is 1.51 bits per heavy atom. The largest absolute Gasteiger partial charge is 0.370 e. The molecule has 0 saturated heterocycles. The van der Waals surface area contributed by atoms with Crippen molar-refractivity contribution >= 4 is 30.0 Å². The Labute approximate surface area is 205 Å². The van der Waals surface area contributed by atoms with Gasteiger partial charge in [-0.3, -0.25) is 19.4 Å². The number of aliphatic imine (C=N–C) groups is 1. The maximum Gasteiger partial charge on any atom is 0.243 e. The van der Waals surface area contributed by atoms with Crippen molar-refractivity contribution in [3.63, 3.8) is 0 Å². The van der Waals surface area contributed by atoms with Crippen molar-refractivity contribution < 1.29 is 19.2 Å². The summed E-state index contributed by atoms with van der Waals surface area (Å²) in [6.45, 7) is 0.414. The van der Waals surface area contributed by atoms with Gasteiger partial charge in [-0.05, 0) is 50.6 Å². The minimum atomic E-state index is -0.934. The number of carbonyl (C=O) groups is 4. The molecule has 1 aromatic carbocycles. The van der Waals surface area contributed by atoms with Crippen LogP contribution in [0.4, 0.5) is 0 Å². The van der Waals surface area contributed by atoms with Gasteiger partial charge in [-0.25, -0.2) is 0 Å². The second kappa shape index (κ2) is 17.0.